The van der Waals surface area contributed by atoms with Gasteiger partial charge in [0, 0.05) is 30.4 Å². The molecule has 1 unspecified atom stereocenters. The average molecular weight is 365 g/mol. The number of benzene rings is 1. The molecule has 0 aliphatic carbocycles. The minimum atomic E-state index is -0.488. The van der Waals surface area contributed by atoms with Gasteiger partial charge in [-0.1, -0.05) is 35.5 Å². The Labute approximate surface area is 155 Å². The van der Waals surface area contributed by atoms with Gasteiger partial charge in [0.05, 0.1) is 11.7 Å². The highest BCUT2D eigenvalue weighted by Crippen LogP contribution is 2.27. The van der Waals surface area contributed by atoms with Crippen LogP contribution in [-0.2, 0) is 0 Å². The summed E-state index contributed by atoms with van der Waals surface area (Å²) >= 11 is 0. The molecule has 7 nitrogen and oxygen atoms in total. The summed E-state index contributed by atoms with van der Waals surface area (Å²) in [5, 5.41) is 13.6. The van der Waals surface area contributed by atoms with Crippen molar-refractivity contribution in [2.75, 3.05) is 13.1 Å². The smallest absolute Gasteiger partial charge is 0.270 e. The zero-order chi connectivity index (χ0) is 19.0. The van der Waals surface area contributed by atoms with E-state index in [1.165, 1.54) is 12.3 Å². The van der Waals surface area contributed by atoms with Crippen LogP contribution in [0, 0.1) is 6.92 Å². The van der Waals surface area contributed by atoms with Gasteiger partial charge in [-0.25, -0.2) is 0 Å². The number of ketones is 1. The van der Waals surface area contributed by atoms with Gasteiger partial charge in [0.25, 0.3) is 5.91 Å². The number of aryl methyl sites for hydroxylation is 1. The summed E-state index contributed by atoms with van der Waals surface area (Å²) in [5.74, 6) is -0.0594. The van der Waals surface area contributed by atoms with Crippen molar-refractivity contribution in [3.63, 3.8) is 0 Å². The second kappa shape index (κ2) is 6.85. The van der Waals surface area contributed by atoms with E-state index in [4.69, 9.17) is 4.52 Å². The number of nitrogens with one attached hydrogen (secondary N) is 1. The molecule has 1 aromatic carbocycles. The molecule has 1 fully saturated rings. The van der Waals surface area contributed by atoms with Crippen LogP contribution < -0.4 is 0 Å². The average Bonchev–Trinajstić information content (AvgIpc) is 3.41. The van der Waals surface area contributed by atoms with Crippen LogP contribution in [0.4, 0.5) is 0 Å². The van der Waals surface area contributed by atoms with E-state index in [1.54, 1.807) is 11.8 Å². The maximum atomic E-state index is 13.0. The minimum Gasteiger partial charge on any atom is -0.391 e. The Kier molecular flexibility index (Phi) is 4.37. The van der Waals surface area contributed by atoms with E-state index >= 15 is 0 Å². The van der Waals surface area contributed by atoms with Crippen molar-refractivity contribution >= 4 is 11.7 Å². The van der Waals surface area contributed by atoms with Crippen LogP contribution in [0.5, 0.6) is 0 Å². The molecule has 1 saturated heterocycles. The number of likely N-dealkylation sites (tertiary alicyclic amines) is 1. The second-order valence-corrected chi connectivity index (χ2v) is 6.65. The van der Waals surface area contributed by atoms with Crippen LogP contribution >= 0.6 is 0 Å². The fraction of sp³-hybridized carbons (Fsp3) is 0.250. The highest BCUT2D eigenvalue weighted by Gasteiger charge is 2.28. The number of carbonyl (C=O) groups excluding carboxylic acids is 2. The Balaban J connectivity index is 1.63. The molecule has 0 bridgehead atoms. The van der Waals surface area contributed by atoms with Crippen LogP contribution in [0.2, 0.25) is 0 Å². The van der Waals surface area contributed by atoms with E-state index in [-0.39, 0.29) is 11.7 Å². The lowest BCUT2D eigenvalue weighted by atomic mass is 9.99. The first-order valence-electron chi connectivity index (χ1n) is 8.76. The Bertz CT molecular complexity index is 990. The van der Waals surface area contributed by atoms with Gasteiger partial charge in [-0.3, -0.25) is 9.59 Å². The molecule has 2 N–H and O–H groups in total. The highest BCUT2D eigenvalue weighted by atomic mass is 16.5. The summed E-state index contributed by atoms with van der Waals surface area (Å²) in [7, 11) is 0. The van der Waals surface area contributed by atoms with Crippen LogP contribution in [0.25, 0.3) is 11.3 Å². The third-order valence-corrected chi connectivity index (χ3v) is 4.76. The standard InChI is InChI=1S/C20H19N3O4/c1-12-17(18(22-27-12)13-5-3-2-4-6-13)19(25)14-9-16(21-10-14)20(26)23-8-7-15(24)11-23/h2-6,9-10,15,21,24H,7-8,11H2,1H3. The fourth-order valence-electron chi connectivity index (χ4n) is 3.32. The normalized spacial score (nSPS) is 16.7. The molecule has 7 heteroatoms. The van der Waals surface area contributed by atoms with Crippen molar-refractivity contribution in [3.8, 4) is 11.3 Å². The van der Waals surface area contributed by atoms with Crippen LogP contribution in [0.1, 0.15) is 38.6 Å². The number of amides is 1. The quantitative estimate of drug-likeness (QED) is 0.692. The molecule has 0 radical (unpaired) electrons. The number of aromatic amines is 1. The number of H-pyrrole nitrogens is 1. The maximum absolute atomic E-state index is 13.0. The van der Waals surface area contributed by atoms with E-state index in [0.717, 1.165) is 5.56 Å². The van der Waals surface area contributed by atoms with E-state index in [9.17, 15) is 14.7 Å². The Morgan fingerprint density at radius 2 is 2.07 bits per heavy atom. The lowest BCUT2D eigenvalue weighted by molar-refractivity contribution is 0.0760. The summed E-state index contributed by atoms with van der Waals surface area (Å²) in [5.41, 5.74) is 2.34. The van der Waals surface area contributed by atoms with Crippen molar-refractivity contribution in [1.82, 2.24) is 15.0 Å². The predicted octanol–water partition coefficient (Wildman–Crippen LogP) is 2.42. The molecule has 138 valence electrons. The summed E-state index contributed by atoms with van der Waals surface area (Å²) in [6.07, 6.45) is 1.60. The van der Waals surface area contributed by atoms with Crippen LogP contribution in [0.3, 0.4) is 0 Å². The topological polar surface area (TPSA) is 99.4 Å². The molecule has 1 atom stereocenters. The largest absolute Gasteiger partial charge is 0.391 e. The van der Waals surface area contributed by atoms with Crippen LogP contribution in [0.15, 0.2) is 47.1 Å². The molecule has 27 heavy (non-hydrogen) atoms. The van der Waals surface area contributed by atoms with Gasteiger partial charge in [0.1, 0.15) is 17.1 Å². The first kappa shape index (κ1) is 17.2. The molecule has 1 amide bonds. The summed E-state index contributed by atoms with van der Waals surface area (Å²) in [6.45, 7) is 2.51. The molecular weight excluding hydrogens is 346 g/mol. The second-order valence-electron chi connectivity index (χ2n) is 6.65. The van der Waals surface area contributed by atoms with E-state index in [0.29, 0.717) is 47.8 Å². The van der Waals surface area contributed by atoms with Gasteiger partial charge in [-0.05, 0) is 19.4 Å². The number of β-amino-alcohol motifs (C(OH)–C–C–N with tert-alkyl or cyclic N) is 1. The fourth-order valence-corrected chi connectivity index (χ4v) is 3.32. The monoisotopic (exact) mass is 365 g/mol. The summed E-state index contributed by atoms with van der Waals surface area (Å²) in [6, 6.07) is 10.9. The molecular formula is C20H19N3O4. The molecule has 3 aromatic rings. The molecule has 0 spiro atoms. The van der Waals surface area contributed by atoms with Crippen molar-refractivity contribution in [2.45, 2.75) is 19.4 Å². The number of aliphatic hydroxyl groups excluding tert-OH is 1. The van der Waals surface area contributed by atoms with Gasteiger partial charge in [0.2, 0.25) is 0 Å². The molecule has 1 aliphatic rings. The molecule has 1 aliphatic heterocycles. The van der Waals surface area contributed by atoms with Gasteiger partial charge in [0.15, 0.2) is 5.78 Å². The van der Waals surface area contributed by atoms with E-state index < -0.39 is 6.10 Å². The van der Waals surface area contributed by atoms with E-state index in [2.05, 4.69) is 10.1 Å². The Morgan fingerprint density at radius 3 is 2.78 bits per heavy atom. The highest BCUT2D eigenvalue weighted by molar-refractivity contribution is 6.13. The number of hydrogen-bond acceptors (Lipinski definition) is 5. The van der Waals surface area contributed by atoms with Gasteiger partial charge in [-0.2, -0.15) is 0 Å². The van der Waals surface area contributed by atoms with Gasteiger partial charge in [-0.15, -0.1) is 0 Å². The zero-order valence-electron chi connectivity index (χ0n) is 14.8. The first-order chi connectivity index (χ1) is 13.0. The molecule has 2 aromatic heterocycles. The SMILES string of the molecule is Cc1onc(-c2ccccc2)c1C(=O)c1c[nH]c(C(=O)N2CCC(O)C2)c1. The van der Waals surface area contributed by atoms with Gasteiger partial charge >= 0.3 is 0 Å². The zero-order valence-corrected chi connectivity index (χ0v) is 14.8. The molecule has 4 rings (SSSR count). The summed E-state index contributed by atoms with van der Waals surface area (Å²) in [4.78, 5) is 30.0. The maximum Gasteiger partial charge on any atom is 0.270 e. The lowest BCUT2D eigenvalue weighted by Crippen LogP contribution is -2.29. The molecule has 0 saturated carbocycles. The molecule has 3 heterocycles. The minimum absolute atomic E-state index is 0.226. The number of hydrogen-bond donors (Lipinski definition) is 2. The Hall–Kier alpha value is -3.19. The number of carbonyl (C=O) groups is 2. The summed E-state index contributed by atoms with van der Waals surface area (Å²) < 4.78 is 5.26. The lowest BCUT2D eigenvalue weighted by Gasteiger charge is -2.13. The predicted molar refractivity (Wildman–Crippen MR) is 97.4 cm³/mol. The third kappa shape index (κ3) is 3.17. The first-order valence-corrected chi connectivity index (χ1v) is 8.76. The number of rotatable bonds is 4. The van der Waals surface area contributed by atoms with E-state index in [1.807, 2.05) is 30.3 Å². The van der Waals surface area contributed by atoms with Gasteiger partial charge < -0.3 is 19.5 Å². The van der Waals surface area contributed by atoms with Crippen molar-refractivity contribution in [2.24, 2.45) is 0 Å². The van der Waals surface area contributed by atoms with Crippen molar-refractivity contribution < 1.29 is 19.2 Å². The number of aliphatic hydroxyl groups is 1. The van der Waals surface area contributed by atoms with Crippen molar-refractivity contribution in [3.05, 3.63) is 65.2 Å². The van der Waals surface area contributed by atoms with Crippen LogP contribution in [-0.4, -0.2) is 51.0 Å². The third-order valence-electron chi connectivity index (χ3n) is 4.76. The number of aromatic nitrogens is 2. The Morgan fingerprint density at radius 1 is 1.30 bits per heavy atom. The number of nitrogens with zero attached hydrogens (tertiary/aromatic N) is 2. The van der Waals surface area contributed by atoms with Crippen molar-refractivity contribution in [1.29, 1.82) is 0 Å².